The molecule has 2 amide bonds. The number of halogens is 1. The fraction of sp³-hybridized carbons (Fsp3) is 0.429. The van der Waals surface area contributed by atoms with E-state index in [2.05, 4.69) is 0 Å². The van der Waals surface area contributed by atoms with E-state index in [-0.39, 0.29) is 30.3 Å². The van der Waals surface area contributed by atoms with Crippen molar-refractivity contribution in [3.05, 3.63) is 58.0 Å². The second-order valence-corrected chi connectivity index (χ2v) is 8.21. The largest absolute Gasteiger partial charge is 0.371 e. The molecule has 2 aliphatic rings. The normalized spacial score (nSPS) is 20.7. The zero-order chi connectivity index (χ0) is 20.2. The van der Waals surface area contributed by atoms with Crippen molar-refractivity contribution in [3.8, 4) is 0 Å². The Morgan fingerprint density at radius 2 is 1.79 bits per heavy atom. The highest BCUT2D eigenvalue weighted by Crippen LogP contribution is 2.24. The Balaban J connectivity index is 1.28. The zero-order valence-corrected chi connectivity index (χ0v) is 16.9. The number of rotatable bonds is 4. The number of nitrogens with zero attached hydrogens (tertiary/aromatic N) is 3. The molecule has 3 heterocycles. The quantitative estimate of drug-likeness (QED) is 0.766. The third-order valence-corrected chi connectivity index (χ3v) is 6.27. The summed E-state index contributed by atoms with van der Waals surface area (Å²) in [7, 11) is 0. The third kappa shape index (κ3) is 4.66. The number of carbonyl (C=O) groups excluding carboxylic acids is 2. The Kier molecular flexibility index (Phi) is 6.22. The van der Waals surface area contributed by atoms with Crippen LogP contribution in [0.2, 0.25) is 0 Å². The molecule has 154 valence electrons. The van der Waals surface area contributed by atoms with Gasteiger partial charge in [-0.2, -0.15) is 0 Å². The third-order valence-electron chi connectivity index (χ3n) is 5.41. The van der Waals surface area contributed by atoms with Crippen LogP contribution in [0.5, 0.6) is 0 Å². The molecule has 0 radical (unpaired) electrons. The van der Waals surface area contributed by atoms with Crippen LogP contribution in [0.15, 0.2) is 41.8 Å². The van der Waals surface area contributed by atoms with Gasteiger partial charge >= 0.3 is 0 Å². The summed E-state index contributed by atoms with van der Waals surface area (Å²) in [6.45, 7) is 4.06. The Labute approximate surface area is 173 Å². The van der Waals surface area contributed by atoms with Gasteiger partial charge in [-0.05, 0) is 17.5 Å². The smallest absolute Gasteiger partial charge is 0.264 e. The maximum absolute atomic E-state index is 14.1. The minimum Gasteiger partial charge on any atom is -0.371 e. The molecule has 1 atom stereocenters. The van der Waals surface area contributed by atoms with Crippen LogP contribution in [-0.2, 0) is 9.53 Å². The summed E-state index contributed by atoms with van der Waals surface area (Å²) in [5.41, 5.74) is 0.533. The van der Waals surface area contributed by atoms with Crippen LogP contribution in [0.25, 0.3) is 0 Å². The summed E-state index contributed by atoms with van der Waals surface area (Å²) in [4.78, 5) is 31.6. The van der Waals surface area contributed by atoms with Crippen LogP contribution in [0.3, 0.4) is 0 Å². The van der Waals surface area contributed by atoms with Gasteiger partial charge in [0.1, 0.15) is 5.82 Å². The van der Waals surface area contributed by atoms with Gasteiger partial charge in [-0.25, -0.2) is 4.39 Å². The molecule has 2 aromatic rings. The van der Waals surface area contributed by atoms with Gasteiger partial charge < -0.3 is 14.5 Å². The van der Waals surface area contributed by atoms with Gasteiger partial charge in [-0.15, -0.1) is 11.3 Å². The van der Waals surface area contributed by atoms with Gasteiger partial charge in [0.2, 0.25) is 5.91 Å². The average molecular weight is 418 g/mol. The molecule has 1 aromatic carbocycles. The fourth-order valence-electron chi connectivity index (χ4n) is 3.78. The van der Waals surface area contributed by atoms with E-state index in [0.717, 1.165) is 4.88 Å². The molecule has 2 fully saturated rings. The van der Waals surface area contributed by atoms with Crippen molar-refractivity contribution in [2.75, 3.05) is 52.4 Å². The van der Waals surface area contributed by atoms with Crippen molar-refractivity contribution in [1.29, 1.82) is 0 Å². The van der Waals surface area contributed by atoms with E-state index in [1.165, 1.54) is 17.4 Å². The predicted molar refractivity (Wildman–Crippen MR) is 108 cm³/mol. The predicted octanol–water partition coefficient (Wildman–Crippen LogP) is 2.25. The van der Waals surface area contributed by atoms with Crippen LogP contribution in [0, 0.1) is 5.82 Å². The Hall–Kier alpha value is -2.29. The number of carbonyl (C=O) groups is 2. The van der Waals surface area contributed by atoms with Crippen LogP contribution in [0.1, 0.15) is 21.3 Å². The molecule has 0 bridgehead atoms. The molecule has 6 nitrogen and oxygen atoms in total. The number of morpholine rings is 1. The van der Waals surface area contributed by atoms with Gasteiger partial charge in [0.25, 0.3) is 5.91 Å². The molecule has 2 aliphatic heterocycles. The first-order valence-electron chi connectivity index (χ1n) is 9.81. The fourth-order valence-corrected chi connectivity index (χ4v) is 4.47. The van der Waals surface area contributed by atoms with Gasteiger partial charge in [0.05, 0.1) is 24.1 Å². The topological polar surface area (TPSA) is 53.1 Å². The summed E-state index contributed by atoms with van der Waals surface area (Å²) < 4.78 is 19.8. The molecule has 0 N–H and O–H groups in total. The highest BCUT2D eigenvalue weighted by Gasteiger charge is 2.29. The number of piperazine rings is 1. The molecule has 2 saturated heterocycles. The molecular weight excluding hydrogens is 393 g/mol. The Morgan fingerprint density at radius 1 is 1.03 bits per heavy atom. The maximum atomic E-state index is 14.1. The number of hydrogen-bond acceptors (Lipinski definition) is 5. The Morgan fingerprint density at radius 3 is 2.52 bits per heavy atom. The van der Waals surface area contributed by atoms with E-state index in [4.69, 9.17) is 4.74 Å². The van der Waals surface area contributed by atoms with Crippen molar-refractivity contribution < 1.29 is 18.7 Å². The lowest BCUT2D eigenvalue weighted by atomic mass is 10.1. The number of amides is 2. The number of benzene rings is 1. The lowest BCUT2D eigenvalue weighted by Crippen LogP contribution is -2.53. The van der Waals surface area contributed by atoms with E-state index in [1.807, 2.05) is 27.3 Å². The van der Waals surface area contributed by atoms with Gasteiger partial charge in [0, 0.05) is 44.8 Å². The molecule has 1 aromatic heterocycles. The Bertz CT molecular complexity index is 853. The molecule has 29 heavy (non-hydrogen) atoms. The molecule has 0 aliphatic carbocycles. The summed E-state index contributed by atoms with van der Waals surface area (Å²) in [6, 6.07) is 10.3. The molecule has 0 saturated carbocycles. The molecule has 4 rings (SSSR count). The lowest BCUT2D eigenvalue weighted by Gasteiger charge is -2.37. The molecular formula is C21H24FN3O3S. The van der Waals surface area contributed by atoms with Gasteiger partial charge in [0.15, 0.2) is 0 Å². The average Bonchev–Trinajstić information content (AvgIpc) is 3.29. The number of ether oxygens (including phenoxy) is 1. The van der Waals surface area contributed by atoms with Crippen molar-refractivity contribution in [2.24, 2.45) is 0 Å². The van der Waals surface area contributed by atoms with Crippen LogP contribution in [0.4, 0.5) is 4.39 Å². The minimum atomic E-state index is -0.363. The first kappa shape index (κ1) is 20.0. The van der Waals surface area contributed by atoms with Gasteiger partial charge in [-0.3, -0.25) is 14.5 Å². The van der Waals surface area contributed by atoms with E-state index in [9.17, 15) is 14.0 Å². The van der Waals surface area contributed by atoms with Gasteiger partial charge in [-0.1, -0.05) is 24.3 Å². The zero-order valence-electron chi connectivity index (χ0n) is 16.1. The summed E-state index contributed by atoms with van der Waals surface area (Å²) in [5, 5.41) is 1.89. The molecule has 0 spiro atoms. The standard InChI is InChI=1S/C21H24FN3O3S/c22-17-5-2-1-4-16(17)18-14-23(11-12-28-18)15-20(26)24-7-9-25(10-8-24)21(27)19-6-3-13-29-19/h1-6,13,18H,7-12,14-15H2. The van der Waals surface area contributed by atoms with Crippen LogP contribution in [-0.4, -0.2) is 78.9 Å². The monoisotopic (exact) mass is 417 g/mol. The van der Waals surface area contributed by atoms with Crippen LogP contribution < -0.4 is 0 Å². The minimum absolute atomic E-state index is 0.0352. The summed E-state index contributed by atoms with van der Waals surface area (Å²) in [6.07, 6.45) is -0.363. The first-order valence-corrected chi connectivity index (χ1v) is 10.7. The molecule has 1 unspecified atom stereocenters. The van der Waals surface area contributed by atoms with E-state index in [1.54, 1.807) is 23.1 Å². The highest BCUT2D eigenvalue weighted by atomic mass is 32.1. The van der Waals surface area contributed by atoms with Crippen LogP contribution >= 0.6 is 11.3 Å². The second-order valence-electron chi connectivity index (χ2n) is 7.27. The van der Waals surface area contributed by atoms with E-state index in [0.29, 0.717) is 51.4 Å². The van der Waals surface area contributed by atoms with Crippen molar-refractivity contribution in [1.82, 2.24) is 14.7 Å². The lowest BCUT2D eigenvalue weighted by molar-refractivity contribution is -0.136. The summed E-state index contributed by atoms with van der Waals surface area (Å²) in [5.74, 6) is -0.201. The van der Waals surface area contributed by atoms with E-state index < -0.39 is 0 Å². The number of thiophene rings is 1. The van der Waals surface area contributed by atoms with Crippen molar-refractivity contribution in [3.63, 3.8) is 0 Å². The SMILES string of the molecule is O=C(CN1CCOC(c2ccccc2F)C1)N1CCN(C(=O)c2cccs2)CC1. The second kappa shape index (κ2) is 9.02. The van der Waals surface area contributed by atoms with E-state index >= 15 is 0 Å². The van der Waals surface area contributed by atoms with Crippen molar-refractivity contribution >= 4 is 23.2 Å². The highest BCUT2D eigenvalue weighted by molar-refractivity contribution is 7.12. The summed E-state index contributed by atoms with van der Waals surface area (Å²) >= 11 is 1.44. The maximum Gasteiger partial charge on any atom is 0.264 e. The number of hydrogen-bond donors (Lipinski definition) is 0. The molecule has 8 heteroatoms. The first-order chi connectivity index (χ1) is 14.1. The van der Waals surface area contributed by atoms with Crippen molar-refractivity contribution in [2.45, 2.75) is 6.10 Å².